The molecule has 1 aromatic heterocycles. The lowest BCUT2D eigenvalue weighted by molar-refractivity contribution is -0.141. The Balaban J connectivity index is 2.06. The number of rotatable bonds is 10. The third-order valence-corrected chi connectivity index (χ3v) is 4.25. The van der Waals surface area contributed by atoms with Crippen molar-refractivity contribution in [3.63, 3.8) is 0 Å². The summed E-state index contributed by atoms with van der Waals surface area (Å²) in [6.07, 6.45) is 7.30. The average molecular weight is 359 g/mol. The van der Waals surface area contributed by atoms with Crippen LogP contribution in [0, 0.1) is 0 Å². The molecule has 0 saturated heterocycles. The Morgan fingerprint density at radius 1 is 1.23 bits per heavy atom. The first-order chi connectivity index (χ1) is 12.6. The Hall–Kier alpha value is -2.67. The number of aliphatic hydroxyl groups is 1. The normalized spacial score (nSPS) is 11.9. The summed E-state index contributed by atoms with van der Waals surface area (Å²) in [5.41, 5.74) is 1.24. The molecule has 0 radical (unpaired) electrons. The summed E-state index contributed by atoms with van der Waals surface area (Å²) in [5.74, 6) is -1.38. The van der Waals surface area contributed by atoms with Crippen LogP contribution >= 0.6 is 0 Å². The number of carboxylic acids is 1. The zero-order valence-electron chi connectivity index (χ0n) is 14.9. The summed E-state index contributed by atoms with van der Waals surface area (Å²) < 4.78 is 1.47. The lowest BCUT2D eigenvalue weighted by atomic mass is 10.1. The molecule has 2 aromatic rings. The Kier molecular flexibility index (Phi) is 7.35. The highest BCUT2D eigenvalue weighted by molar-refractivity contribution is 6.03. The fraction of sp³-hybridized carbons (Fsp3) is 0.421. The summed E-state index contributed by atoms with van der Waals surface area (Å²) in [6, 6.07) is 6.19. The number of anilines is 1. The first-order valence-corrected chi connectivity index (χ1v) is 8.83. The van der Waals surface area contributed by atoms with Crippen LogP contribution < -0.4 is 5.32 Å². The maximum Gasteiger partial charge on any atom is 0.326 e. The number of aliphatic hydroxyl groups excluding tert-OH is 1. The maximum absolute atomic E-state index is 12.4. The highest BCUT2D eigenvalue weighted by atomic mass is 16.4. The van der Waals surface area contributed by atoms with Crippen molar-refractivity contribution in [1.82, 2.24) is 9.55 Å². The van der Waals surface area contributed by atoms with E-state index in [-0.39, 0.29) is 12.3 Å². The zero-order chi connectivity index (χ0) is 18.9. The first-order valence-electron chi connectivity index (χ1n) is 8.83. The highest BCUT2D eigenvalue weighted by Crippen LogP contribution is 2.19. The van der Waals surface area contributed by atoms with Crippen molar-refractivity contribution in [1.29, 1.82) is 0 Å². The number of para-hydroxylation sites is 1. The molecule has 0 spiro atoms. The van der Waals surface area contributed by atoms with Crippen LogP contribution in [0.3, 0.4) is 0 Å². The molecule has 0 aliphatic carbocycles. The molecule has 0 fully saturated rings. The molecule has 1 atom stereocenters. The van der Waals surface area contributed by atoms with E-state index in [4.69, 9.17) is 0 Å². The van der Waals surface area contributed by atoms with E-state index in [1.54, 1.807) is 24.3 Å². The van der Waals surface area contributed by atoms with Crippen LogP contribution in [0.5, 0.6) is 0 Å². The molecule has 7 heteroatoms. The Morgan fingerprint density at radius 3 is 2.69 bits per heavy atom. The number of benzene rings is 1. The van der Waals surface area contributed by atoms with Gasteiger partial charge in [-0.3, -0.25) is 4.79 Å². The second-order valence-electron chi connectivity index (χ2n) is 6.18. The summed E-state index contributed by atoms with van der Waals surface area (Å²) in [4.78, 5) is 28.0. The van der Waals surface area contributed by atoms with Crippen molar-refractivity contribution < 1.29 is 19.8 Å². The number of nitrogens with zero attached hydrogens (tertiary/aromatic N) is 2. The standard InChI is InChI=1S/C19H25N3O4/c1-2-3-4-5-10-17(19(25)26)22-11-16(20-13-22)18(24)21-15-9-7-6-8-14(15)12-23/h6-9,11,13,17,23H,2-5,10,12H2,1H3,(H,21,24)(H,25,26). The van der Waals surface area contributed by atoms with Gasteiger partial charge in [-0.2, -0.15) is 0 Å². The van der Waals surface area contributed by atoms with E-state index in [2.05, 4.69) is 17.2 Å². The van der Waals surface area contributed by atoms with Gasteiger partial charge in [0.1, 0.15) is 11.7 Å². The van der Waals surface area contributed by atoms with Crippen LogP contribution in [0.4, 0.5) is 5.69 Å². The van der Waals surface area contributed by atoms with Gasteiger partial charge in [0.05, 0.1) is 12.9 Å². The van der Waals surface area contributed by atoms with Gasteiger partial charge in [0.25, 0.3) is 5.91 Å². The van der Waals surface area contributed by atoms with Crippen LogP contribution in [0.25, 0.3) is 0 Å². The summed E-state index contributed by atoms with van der Waals surface area (Å²) in [6.45, 7) is 1.91. The van der Waals surface area contributed by atoms with Gasteiger partial charge < -0.3 is 20.1 Å². The summed E-state index contributed by atoms with van der Waals surface area (Å²) in [5, 5.41) is 21.5. The predicted octanol–water partition coefficient (Wildman–Crippen LogP) is 3.22. The third kappa shape index (κ3) is 5.16. The van der Waals surface area contributed by atoms with E-state index in [9.17, 15) is 19.8 Å². The number of carbonyl (C=O) groups is 2. The Morgan fingerprint density at radius 2 is 2.00 bits per heavy atom. The maximum atomic E-state index is 12.4. The number of imidazole rings is 1. The molecule has 7 nitrogen and oxygen atoms in total. The second-order valence-corrected chi connectivity index (χ2v) is 6.18. The Bertz CT molecular complexity index is 742. The number of hydrogen-bond acceptors (Lipinski definition) is 4. The Labute approximate surface area is 152 Å². The molecule has 1 aromatic carbocycles. The van der Waals surface area contributed by atoms with Crippen molar-refractivity contribution >= 4 is 17.6 Å². The van der Waals surface area contributed by atoms with Gasteiger partial charge in [-0.1, -0.05) is 50.8 Å². The van der Waals surface area contributed by atoms with Gasteiger partial charge in [-0.15, -0.1) is 0 Å². The van der Waals surface area contributed by atoms with Gasteiger partial charge >= 0.3 is 5.97 Å². The molecule has 1 amide bonds. The van der Waals surface area contributed by atoms with Crippen LogP contribution in [-0.2, 0) is 11.4 Å². The molecule has 0 saturated carbocycles. The minimum absolute atomic E-state index is 0.137. The minimum atomic E-state index is -0.934. The van der Waals surface area contributed by atoms with Crippen LogP contribution in [0.15, 0.2) is 36.8 Å². The van der Waals surface area contributed by atoms with Crippen molar-refractivity contribution in [2.75, 3.05) is 5.32 Å². The van der Waals surface area contributed by atoms with E-state index in [1.165, 1.54) is 17.1 Å². The number of hydrogen-bond donors (Lipinski definition) is 3. The molecular formula is C19H25N3O4. The topological polar surface area (TPSA) is 104 Å². The lowest BCUT2D eigenvalue weighted by Crippen LogP contribution is -2.18. The predicted molar refractivity (Wildman–Crippen MR) is 98.0 cm³/mol. The van der Waals surface area contributed by atoms with E-state index in [1.807, 2.05) is 0 Å². The van der Waals surface area contributed by atoms with Crippen LogP contribution in [-0.4, -0.2) is 31.6 Å². The first kappa shape index (κ1) is 19.7. The van der Waals surface area contributed by atoms with E-state index < -0.39 is 17.9 Å². The smallest absolute Gasteiger partial charge is 0.326 e. The average Bonchev–Trinajstić information content (AvgIpc) is 3.11. The van der Waals surface area contributed by atoms with Gasteiger partial charge in [0, 0.05) is 17.4 Å². The lowest BCUT2D eigenvalue weighted by Gasteiger charge is -2.13. The fourth-order valence-electron chi connectivity index (χ4n) is 2.76. The third-order valence-electron chi connectivity index (χ3n) is 4.25. The molecule has 0 aliphatic heterocycles. The highest BCUT2D eigenvalue weighted by Gasteiger charge is 2.21. The largest absolute Gasteiger partial charge is 0.480 e. The zero-order valence-corrected chi connectivity index (χ0v) is 14.9. The van der Waals surface area contributed by atoms with E-state index >= 15 is 0 Å². The summed E-state index contributed by atoms with van der Waals surface area (Å²) in [7, 11) is 0. The van der Waals surface area contributed by atoms with Gasteiger partial charge in [0.15, 0.2) is 0 Å². The molecule has 1 heterocycles. The van der Waals surface area contributed by atoms with Crippen molar-refractivity contribution in [3.8, 4) is 0 Å². The van der Waals surface area contributed by atoms with Crippen LogP contribution in [0.1, 0.15) is 61.1 Å². The molecule has 140 valence electrons. The number of aliphatic carboxylic acids is 1. The number of aromatic nitrogens is 2. The SMILES string of the molecule is CCCCCCC(C(=O)O)n1cnc(C(=O)Nc2ccccc2CO)c1. The van der Waals surface area contributed by atoms with Crippen LogP contribution in [0.2, 0.25) is 0 Å². The number of carboxylic acid groups (broad SMARTS) is 1. The van der Waals surface area contributed by atoms with Crippen molar-refractivity contribution in [2.45, 2.75) is 51.7 Å². The number of amides is 1. The molecule has 26 heavy (non-hydrogen) atoms. The van der Waals surface area contributed by atoms with E-state index in [0.29, 0.717) is 17.7 Å². The second kappa shape index (κ2) is 9.72. The van der Waals surface area contributed by atoms with Crippen molar-refractivity contribution in [2.24, 2.45) is 0 Å². The number of carbonyl (C=O) groups excluding carboxylic acids is 1. The monoisotopic (exact) mass is 359 g/mol. The minimum Gasteiger partial charge on any atom is -0.480 e. The van der Waals surface area contributed by atoms with E-state index in [0.717, 1.165) is 25.7 Å². The molecule has 1 unspecified atom stereocenters. The molecule has 2 rings (SSSR count). The fourth-order valence-corrected chi connectivity index (χ4v) is 2.76. The van der Waals surface area contributed by atoms with Gasteiger partial charge in [-0.05, 0) is 12.5 Å². The molecule has 3 N–H and O–H groups in total. The quantitative estimate of drug-likeness (QED) is 0.565. The molecule has 0 aliphatic rings. The van der Waals surface area contributed by atoms with Gasteiger partial charge in [-0.25, -0.2) is 9.78 Å². The molecule has 0 bridgehead atoms. The van der Waals surface area contributed by atoms with Gasteiger partial charge in [0.2, 0.25) is 0 Å². The van der Waals surface area contributed by atoms with Crippen molar-refractivity contribution in [3.05, 3.63) is 48.0 Å². The summed E-state index contributed by atoms with van der Waals surface area (Å²) >= 11 is 0. The number of unbranched alkanes of at least 4 members (excludes halogenated alkanes) is 3. The molecular weight excluding hydrogens is 334 g/mol. The number of nitrogens with one attached hydrogen (secondary N) is 1.